The molecule has 4 heterocycles. The van der Waals surface area contributed by atoms with E-state index < -0.39 is 0 Å². The maximum absolute atomic E-state index is 13.7. The van der Waals surface area contributed by atoms with E-state index in [9.17, 15) is 9.59 Å². The summed E-state index contributed by atoms with van der Waals surface area (Å²) in [6, 6.07) is 15.5. The molecular formula is C27H28N6O2. The Balaban J connectivity index is 1.46. The van der Waals surface area contributed by atoms with Gasteiger partial charge in [-0.25, -0.2) is 9.50 Å². The normalized spacial score (nSPS) is 15.8. The summed E-state index contributed by atoms with van der Waals surface area (Å²) < 4.78 is 1.71. The largest absolute Gasteiger partial charge is 0.345 e. The number of likely N-dealkylation sites (tertiary alicyclic amines) is 1. The Morgan fingerprint density at radius 2 is 1.83 bits per heavy atom. The van der Waals surface area contributed by atoms with Gasteiger partial charge in [-0.3, -0.25) is 14.6 Å². The number of hydrogen-bond acceptors (Lipinski definition) is 5. The number of hydrogen-bond donors (Lipinski definition) is 0. The highest BCUT2D eigenvalue weighted by Crippen LogP contribution is 2.32. The lowest BCUT2D eigenvalue weighted by Gasteiger charge is -2.36. The second-order valence-corrected chi connectivity index (χ2v) is 9.07. The minimum Gasteiger partial charge on any atom is -0.345 e. The first-order valence-electron chi connectivity index (χ1n) is 11.9. The summed E-state index contributed by atoms with van der Waals surface area (Å²) in [6.07, 6.45) is 8.42. The average Bonchev–Trinajstić information content (AvgIpc) is 3.33. The molecule has 5 rings (SSSR count). The predicted octanol–water partition coefficient (Wildman–Crippen LogP) is 3.78. The van der Waals surface area contributed by atoms with Crippen LogP contribution in [0.1, 0.15) is 63.0 Å². The van der Waals surface area contributed by atoms with Gasteiger partial charge in [0.15, 0.2) is 5.65 Å². The molecule has 8 nitrogen and oxygen atoms in total. The fourth-order valence-corrected chi connectivity index (χ4v) is 4.71. The maximum Gasteiger partial charge on any atom is 0.258 e. The lowest BCUT2D eigenvalue weighted by atomic mass is 9.97. The molecule has 178 valence electrons. The minimum absolute atomic E-state index is 0.0203. The highest BCUT2D eigenvalue weighted by molar-refractivity contribution is 5.99. The molecule has 0 unspecified atom stereocenters. The number of carbonyl (C=O) groups excluding carboxylic acids is 2. The van der Waals surface area contributed by atoms with E-state index in [4.69, 9.17) is 0 Å². The monoisotopic (exact) mass is 468 g/mol. The topological polar surface area (TPSA) is 83.7 Å². The Kier molecular flexibility index (Phi) is 6.27. The van der Waals surface area contributed by atoms with Crippen LogP contribution in [-0.2, 0) is 6.42 Å². The van der Waals surface area contributed by atoms with Crippen molar-refractivity contribution < 1.29 is 9.59 Å². The molecule has 1 aromatic carbocycles. The number of piperidine rings is 1. The summed E-state index contributed by atoms with van der Waals surface area (Å²) in [5, 5.41) is 4.48. The zero-order chi connectivity index (χ0) is 24.4. The molecule has 1 aliphatic heterocycles. The van der Waals surface area contributed by atoms with Gasteiger partial charge in [0.25, 0.3) is 11.8 Å². The van der Waals surface area contributed by atoms with E-state index in [0.29, 0.717) is 29.7 Å². The first kappa shape index (κ1) is 22.7. The summed E-state index contributed by atoms with van der Waals surface area (Å²) in [7, 11) is 3.41. The van der Waals surface area contributed by atoms with Crippen LogP contribution in [-0.4, -0.2) is 61.8 Å². The van der Waals surface area contributed by atoms with E-state index in [1.807, 2.05) is 35.2 Å². The predicted molar refractivity (Wildman–Crippen MR) is 132 cm³/mol. The number of amides is 2. The Bertz CT molecular complexity index is 1360. The van der Waals surface area contributed by atoms with Crippen LogP contribution in [0.3, 0.4) is 0 Å². The summed E-state index contributed by atoms with van der Waals surface area (Å²) in [5.74, 6) is -0.169. The Morgan fingerprint density at radius 1 is 1.03 bits per heavy atom. The number of benzene rings is 1. The van der Waals surface area contributed by atoms with Crippen molar-refractivity contribution in [1.82, 2.24) is 29.4 Å². The molecule has 0 bridgehead atoms. The minimum atomic E-state index is -0.158. The van der Waals surface area contributed by atoms with Crippen molar-refractivity contribution in [3.8, 4) is 0 Å². The molecule has 1 atom stereocenters. The first-order valence-corrected chi connectivity index (χ1v) is 11.9. The van der Waals surface area contributed by atoms with Crippen molar-refractivity contribution in [3.63, 3.8) is 0 Å². The van der Waals surface area contributed by atoms with Crippen molar-refractivity contribution in [3.05, 3.63) is 95.2 Å². The van der Waals surface area contributed by atoms with Gasteiger partial charge >= 0.3 is 0 Å². The van der Waals surface area contributed by atoms with Crippen molar-refractivity contribution in [1.29, 1.82) is 0 Å². The molecule has 0 saturated carbocycles. The van der Waals surface area contributed by atoms with E-state index in [1.165, 1.54) is 4.90 Å². The van der Waals surface area contributed by atoms with Gasteiger partial charge in [0.2, 0.25) is 0 Å². The van der Waals surface area contributed by atoms with E-state index in [0.717, 1.165) is 36.2 Å². The van der Waals surface area contributed by atoms with E-state index >= 15 is 0 Å². The smallest absolute Gasteiger partial charge is 0.258 e. The Hall–Kier alpha value is -4.07. The Labute approximate surface area is 204 Å². The maximum atomic E-state index is 13.7. The molecule has 0 aliphatic carbocycles. The molecular weight excluding hydrogens is 440 g/mol. The van der Waals surface area contributed by atoms with Crippen LogP contribution in [0.5, 0.6) is 0 Å². The highest BCUT2D eigenvalue weighted by Gasteiger charge is 2.31. The standard InChI is InChI=1S/C27H28N6O2/c1-31(2)27(35)22-18-30-33-24(12-14-29-25(22)33)23-10-6-7-15-32(23)26(34)20-11-13-28-21(17-20)16-19-8-4-3-5-9-19/h3-5,8-9,11-14,17-18,23H,6-7,10,15-16H2,1-2H3/t23-/m1/s1. The number of rotatable bonds is 5. The molecule has 0 spiro atoms. The summed E-state index contributed by atoms with van der Waals surface area (Å²) in [6.45, 7) is 0.661. The van der Waals surface area contributed by atoms with Crippen molar-refractivity contribution in [2.75, 3.05) is 20.6 Å². The number of nitrogens with zero attached hydrogens (tertiary/aromatic N) is 6. The van der Waals surface area contributed by atoms with E-state index in [2.05, 4.69) is 27.2 Å². The molecule has 0 N–H and O–H groups in total. The highest BCUT2D eigenvalue weighted by atomic mass is 16.2. The van der Waals surface area contributed by atoms with Crippen LogP contribution >= 0.6 is 0 Å². The van der Waals surface area contributed by atoms with Crippen molar-refractivity contribution in [2.24, 2.45) is 0 Å². The van der Waals surface area contributed by atoms with Gasteiger partial charge < -0.3 is 9.80 Å². The van der Waals surface area contributed by atoms with Crippen LogP contribution in [0.2, 0.25) is 0 Å². The van der Waals surface area contributed by atoms with E-state index in [1.54, 1.807) is 43.3 Å². The lowest BCUT2D eigenvalue weighted by molar-refractivity contribution is 0.0602. The first-order chi connectivity index (χ1) is 17.0. The van der Waals surface area contributed by atoms with Crippen LogP contribution in [0.25, 0.3) is 5.65 Å². The van der Waals surface area contributed by atoms with E-state index in [-0.39, 0.29) is 17.9 Å². The van der Waals surface area contributed by atoms with Crippen LogP contribution < -0.4 is 0 Å². The summed E-state index contributed by atoms with van der Waals surface area (Å²) in [5.41, 5.74) is 4.46. The molecule has 2 amide bonds. The second-order valence-electron chi connectivity index (χ2n) is 9.07. The molecule has 0 radical (unpaired) electrons. The van der Waals surface area contributed by atoms with Gasteiger partial charge in [-0.1, -0.05) is 30.3 Å². The van der Waals surface area contributed by atoms with Gasteiger partial charge in [-0.15, -0.1) is 0 Å². The quantitative estimate of drug-likeness (QED) is 0.445. The zero-order valence-electron chi connectivity index (χ0n) is 20.0. The number of fused-ring (bicyclic) bond motifs is 1. The third-order valence-electron chi connectivity index (χ3n) is 6.46. The lowest BCUT2D eigenvalue weighted by Crippen LogP contribution is -2.39. The third-order valence-corrected chi connectivity index (χ3v) is 6.46. The second kappa shape index (κ2) is 9.66. The molecule has 35 heavy (non-hydrogen) atoms. The SMILES string of the molecule is CN(C)C(=O)c1cnn2c([C@H]3CCCCN3C(=O)c3ccnc(Cc4ccccc4)c3)ccnc12. The average molecular weight is 469 g/mol. The van der Waals surface area contributed by atoms with Crippen LogP contribution in [0.15, 0.2) is 67.1 Å². The molecule has 3 aromatic heterocycles. The van der Waals surface area contributed by atoms with Gasteiger partial charge in [0.05, 0.1) is 17.9 Å². The fraction of sp³-hybridized carbons (Fsp3) is 0.296. The third kappa shape index (κ3) is 4.51. The molecule has 8 heteroatoms. The van der Waals surface area contributed by atoms with Gasteiger partial charge in [0.1, 0.15) is 5.56 Å². The summed E-state index contributed by atoms with van der Waals surface area (Å²) in [4.78, 5) is 38.7. The summed E-state index contributed by atoms with van der Waals surface area (Å²) >= 11 is 0. The molecule has 1 saturated heterocycles. The number of carbonyl (C=O) groups is 2. The number of pyridine rings is 1. The van der Waals surface area contributed by atoms with Crippen LogP contribution in [0.4, 0.5) is 0 Å². The fourth-order valence-electron chi connectivity index (χ4n) is 4.71. The zero-order valence-corrected chi connectivity index (χ0v) is 20.0. The van der Waals surface area contributed by atoms with Gasteiger partial charge in [-0.2, -0.15) is 5.10 Å². The van der Waals surface area contributed by atoms with Gasteiger partial charge in [0, 0.05) is 50.7 Å². The van der Waals surface area contributed by atoms with Gasteiger partial charge in [-0.05, 0) is 43.0 Å². The molecule has 4 aromatic rings. The van der Waals surface area contributed by atoms with Crippen LogP contribution in [0, 0.1) is 0 Å². The van der Waals surface area contributed by atoms with Crippen molar-refractivity contribution >= 4 is 17.5 Å². The molecule has 1 fully saturated rings. The number of aromatic nitrogens is 4. The van der Waals surface area contributed by atoms with Crippen molar-refractivity contribution in [2.45, 2.75) is 31.7 Å². The molecule has 1 aliphatic rings. The Morgan fingerprint density at radius 3 is 2.63 bits per heavy atom.